The van der Waals surface area contributed by atoms with Crippen LogP contribution in [0.4, 0.5) is 11.8 Å². The standard InChI is InChI=1S/C16H24N6O/c1-10(11-6-7-11)19-14-13-15(21-16(17-2)20-14)22(9-18-13)12-5-3-4-8-23-12/h9-12H,3-8H2,1-2H3,(H2,17,19,20,21)/t10-,12?/m0/s1. The zero-order valence-electron chi connectivity index (χ0n) is 13.7. The third-order valence-corrected chi connectivity index (χ3v) is 4.80. The minimum atomic E-state index is 0.0297. The lowest BCUT2D eigenvalue weighted by molar-refractivity contribution is -0.0298. The van der Waals surface area contributed by atoms with Gasteiger partial charge < -0.3 is 15.4 Å². The van der Waals surface area contributed by atoms with Gasteiger partial charge in [0.1, 0.15) is 6.23 Å². The summed E-state index contributed by atoms with van der Waals surface area (Å²) in [6.07, 6.45) is 7.77. The molecule has 4 rings (SSSR count). The van der Waals surface area contributed by atoms with Crippen molar-refractivity contribution < 1.29 is 4.74 Å². The molecule has 2 fully saturated rings. The maximum Gasteiger partial charge on any atom is 0.226 e. The predicted octanol–water partition coefficient (Wildman–Crippen LogP) is 2.78. The van der Waals surface area contributed by atoms with Crippen LogP contribution in [0.2, 0.25) is 0 Å². The molecule has 1 saturated carbocycles. The summed E-state index contributed by atoms with van der Waals surface area (Å²) in [5.74, 6) is 2.18. The van der Waals surface area contributed by atoms with E-state index in [0.29, 0.717) is 12.0 Å². The van der Waals surface area contributed by atoms with Crippen molar-refractivity contribution >= 4 is 22.9 Å². The molecule has 0 spiro atoms. The Morgan fingerprint density at radius 3 is 2.83 bits per heavy atom. The highest BCUT2D eigenvalue weighted by atomic mass is 16.5. The van der Waals surface area contributed by atoms with E-state index in [4.69, 9.17) is 4.74 Å². The van der Waals surface area contributed by atoms with Crippen molar-refractivity contribution in [3.63, 3.8) is 0 Å². The highest BCUT2D eigenvalue weighted by Gasteiger charge is 2.29. The molecule has 1 aliphatic carbocycles. The first kappa shape index (κ1) is 14.7. The van der Waals surface area contributed by atoms with Crippen LogP contribution in [0, 0.1) is 5.92 Å². The Morgan fingerprint density at radius 1 is 1.26 bits per heavy atom. The van der Waals surface area contributed by atoms with Crippen LogP contribution in [0.25, 0.3) is 11.2 Å². The van der Waals surface area contributed by atoms with E-state index in [1.165, 1.54) is 19.3 Å². The molecule has 23 heavy (non-hydrogen) atoms. The Balaban J connectivity index is 1.72. The summed E-state index contributed by atoms with van der Waals surface area (Å²) < 4.78 is 7.94. The van der Waals surface area contributed by atoms with Crippen molar-refractivity contribution in [1.29, 1.82) is 0 Å². The second-order valence-corrected chi connectivity index (χ2v) is 6.56. The van der Waals surface area contributed by atoms with Gasteiger partial charge in [0.25, 0.3) is 0 Å². The second kappa shape index (κ2) is 5.96. The minimum Gasteiger partial charge on any atom is -0.365 e. The van der Waals surface area contributed by atoms with Gasteiger partial charge in [-0.1, -0.05) is 0 Å². The van der Waals surface area contributed by atoms with Gasteiger partial charge in [-0.25, -0.2) is 4.98 Å². The number of ether oxygens (including phenoxy) is 1. The maximum atomic E-state index is 5.89. The number of hydrogen-bond donors (Lipinski definition) is 2. The summed E-state index contributed by atoms with van der Waals surface area (Å²) in [6, 6.07) is 0.411. The molecule has 1 saturated heterocycles. The second-order valence-electron chi connectivity index (χ2n) is 6.56. The van der Waals surface area contributed by atoms with E-state index in [-0.39, 0.29) is 6.23 Å². The van der Waals surface area contributed by atoms with Crippen LogP contribution >= 0.6 is 0 Å². The lowest BCUT2D eigenvalue weighted by atomic mass is 10.2. The normalized spacial score (nSPS) is 23.0. The van der Waals surface area contributed by atoms with E-state index in [1.54, 1.807) is 0 Å². The molecule has 0 amide bonds. The van der Waals surface area contributed by atoms with Gasteiger partial charge in [-0.15, -0.1) is 0 Å². The highest BCUT2D eigenvalue weighted by molar-refractivity contribution is 5.84. The van der Waals surface area contributed by atoms with Crippen LogP contribution in [0.1, 0.15) is 45.3 Å². The van der Waals surface area contributed by atoms with Crippen molar-refractivity contribution in [3.05, 3.63) is 6.33 Å². The first-order valence-corrected chi connectivity index (χ1v) is 8.56. The summed E-state index contributed by atoms with van der Waals surface area (Å²) in [5, 5.41) is 6.58. The molecule has 1 unspecified atom stereocenters. The molecule has 0 aromatic carbocycles. The van der Waals surface area contributed by atoms with E-state index < -0.39 is 0 Å². The molecule has 2 aliphatic rings. The molecular weight excluding hydrogens is 292 g/mol. The number of hydrogen-bond acceptors (Lipinski definition) is 6. The number of imidazole rings is 1. The first-order valence-electron chi connectivity index (χ1n) is 8.56. The zero-order chi connectivity index (χ0) is 15.8. The number of nitrogens with zero attached hydrogens (tertiary/aromatic N) is 4. The molecule has 7 heteroatoms. The summed E-state index contributed by atoms with van der Waals surface area (Å²) in [7, 11) is 1.84. The van der Waals surface area contributed by atoms with Crippen LogP contribution in [-0.4, -0.2) is 39.2 Å². The third kappa shape index (κ3) is 2.85. The van der Waals surface area contributed by atoms with E-state index >= 15 is 0 Å². The van der Waals surface area contributed by atoms with Gasteiger partial charge in [0, 0.05) is 19.7 Å². The fourth-order valence-corrected chi connectivity index (χ4v) is 3.21. The molecule has 7 nitrogen and oxygen atoms in total. The average molecular weight is 316 g/mol. The van der Waals surface area contributed by atoms with E-state index in [0.717, 1.165) is 42.3 Å². The van der Waals surface area contributed by atoms with Crippen LogP contribution in [0.5, 0.6) is 0 Å². The Morgan fingerprint density at radius 2 is 2.13 bits per heavy atom. The molecule has 0 bridgehead atoms. The summed E-state index contributed by atoms with van der Waals surface area (Å²) in [4.78, 5) is 13.8. The number of fused-ring (bicyclic) bond motifs is 1. The van der Waals surface area contributed by atoms with Crippen molar-refractivity contribution in [2.75, 3.05) is 24.3 Å². The fourth-order valence-electron chi connectivity index (χ4n) is 3.21. The lowest BCUT2D eigenvalue weighted by Crippen LogP contribution is -2.20. The Hall–Kier alpha value is -1.89. The van der Waals surface area contributed by atoms with Crippen LogP contribution in [0.3, 0.4) is 0 Å². The summed E-state index contributed by atoms with van der Waals surface area (Å²) in [6.45, 7) is 3.02. The van der Waals surface area contributed by atoms with Gasteiger partial charge >= 0.3 is 0 Å². The number of nitrogens with one attached hydrogen (secondary N) is 2. The molecule has 2 atom stereocenters. The van der Waals surface area contributed by atoms with Crippen molar-refractivity contribution in [3.8, 4) is 0 Å². The van der Waals surface area contributed by atoms with E-state index in [1.807, 2.05) is 17.9 Å². The van der Waals surface area contributed by atoms with Gasteiger partial charge in [-0.2, -0.15) is 9.97 Å². The van der Waals surface area contributed by atoms with Gasteiger partial charge in [-0.3, -0.25) is 4.57 Å². The van der Waals surface area contributed by atoms with E-state index in [9.17, 15) is 0 Å². The van der Waals surface area contributed by atoms with Gasteiger partial charge in [-0.05, 0) is 44.9 Å². The smallest absolute Gasteiger partial charge is 0.226 e. The van der Waals surface area contributed by atoms with Crippen LogP contribution < -0.4 is 10.6 Å². The minimum absolute atomic E-state index is 0.0297. The Kier molecular flexibility index (Phi) is 3.80. The lowest BCUT2D eigenvalue weighted by Gasteiger charge is -2.24. The summed E-state index contributed by atoms with van der Waals surface area (Å²) >= 11 is 0. The Labute approximate surface area is 135 Å². The average Bonchev–Trinajstić information content (AvgIpc) is 3.35. The van der Waals surface area contributed by atoms with Crippen molar-refractivity contribution in [2.45, 2.75) is 51.3 Å². The van der Waals surface area contributed by atoms with E-state index in [2.05, 4.69) is 32.5 Å². The third-order valence-electron chi connectivity index (χ3n) is 4.80. The fraction of sp³-hybridized carbons (Fsp3) is 0.688. The SMILES string of the molecule is CNc1nc(N[C@@H](C)C2CC2)c2ncn(C3CCCCO3)c2n1. The topological polar surface area (TPSA) is 76.9 Å². The molecule has 3 heterocycles. The quantitative estimate of drug-likeness (QED) is 0.883. The molecular formula is C16H24N6O. The molecule has 2 aromatic rings. The van der Waals surface area contributed by atoms with Gasteiger partial charge in [0.05, 0.1) is 6.33 Å². The highest BCUT2D eigenvalue weighted by Crippen LogP contribution is 2.35. The zero-order valence-corrected chi connectivity index (χ0v) is 13.7. The number of rotatable bonds is 5. The van der Waals surface area contributed by atoms with Crippen LogP contribution in [-0.2, 0) is 4.74 Å². The number of anilines is 2. The van der Waals surface area contributed by atoms with Gasteiger partial charge in [0.15, 0.2) is 17.0 Å². The molecule has 1 aliphatic heterocycles. The van der Waals surface area contributed by atoms with Crippen molar-refractivity contribution in [2.24, 2.45) is 5.92 Å². The van der Waals surface area contributed by atoms with Crippen molar-refractivity contribution in [1.82, 2.24) is 19.5 Å². The first-order chi connectivity index (χ1) is 11.3. The molecule has 0 radical (unpaired) electrons. The Bertz CT molecular complexity index is 689. The largest absolute Gasteiger partial charge is 0.365 e. The van der Waals surface area contributed by atoms with Crippen LogP contribution in [0.15, 0.2) is 6.33 Å². The monoisotopic (exact) mass is 316 g/mol. The predicted molar refractivity (Wildman–Crippen MR) is 89.5 cm³/mol. The maximum absolute atomic E-state index is 5.89. The summed E-state index contributed by atoms with van der Waals surface area (Å²) in [5.41, 5.74) is 1.66. The molecule has 124 valence electrons. The van der Waals surface area contributed by atoms with Gasteiger partial charge in [0.2, 0.25) is 5.95 Å². The molecule has 2 N–H and O–H groups in total. The number of aromatic nitrogens is 4. The molecule has 2 aromatic heterocycles.